The summed E-state index contributed by atoms with van der Waals surface area (Å²) in [7, 11) is 2.11. The number of carboxylic acid groups (broad SMARTS) is 1. The molecule has 2 aliphatic rings. The van der Waals surface area contributed by atoms with E-state index in [2.05, 4.69) is 11.9 Å². The Morgan fingerprint density at radius 1 is 1.29 bits per heavy atom. The fourth-order valence-electron chi connectivity index (χ4n) is 3.16. The summed E-state index contributed by atoms with van der Waals surface area (Å²) in [6.07, 6.45) is 5.04. The van der Waals surface area contributed by atoms with Gasteiger partial charge in [-0.15, -0.1) is 0 Å². The van der Waals surface area contributed by atoms with Crippen molar-refractivity contribution in [3.8, 4) is 0 Å². The standard InChI is InChI=1S/C13H23NO3/c1-3-4-13(11(15)16)6-5-12(17-13)7-9-14(2)10-8-12/h3-10H2,1-2H3,(H,15,16). The summed E-state index contributed by atoms with van der Waals surface area (Å²) in [5.41, 5.74) is -1.05. The van der Waals surface area contributed by atoms with Crippen molar-refractivity contribution in [3.05, 3.63) is 0 Å². The van der Waals surface area contributed by atoms with Crippen LogP contribution in [-0.2, 0) is 9.53 Å². The molecule has 0 aromatic carbocycles. The molecule has 1 N–H and O–H groups in total. The van der Waals surface area contributed by atoms with E-state index in [9.17, 15) is 9.90 Å². The molecule has 17 heavy (non-hydrogen) atoms. The van der Waals surface area contributed by atoms with Crippen molar-refractivity contribution in [3.63, 3.8) is 0 Å². The van der Waals surface area contributed by atoms with Gasteiger partial charge >= 0.3 is 5.97 Å². The molecule has 0 bridgehead atoms. The highest BCUT2D eigenvalue weighted by atomic mass is 16.6. The Bertz CT molecular complexity index is 297. The second kappa shape index (κ2) is 4.58. The van der Waals surface area contributed by atoms with Crippen LogP contribution in [0, 0.1) is 0 Å². The van der Waals surface area contributed by atoms with Crippen LogP contribution >= 0.6 is 0 Å². The monoisotopic (exact) mass is 241 g/mol. The van der Waals surface area contributed by atoms with Crippen molar-refractivity contribution in [1.29, 1.82) is 0 Å². The second-order valence-electron chi connectivity index (χ2n) is 5.64. The summed E-state index contributed by atoms with van der Waals surface area (Å²) in [5, 5.41) is 9.43. The molecule has 2 rings (SSSR count). The van der Waals surface area contributed by atoms with E-state index in [1.165, 1.54) is 0 Å². The number of likely N-dealkylation sites (tertiary alicyclic amines) is 1. The maximum atomic E-state index is 11.5. The van der Waals surface area contributed by atoms with Gasteiger partial charge in [0.25, 0.3) is 0 Å². The Kier molecular flexibility index (Phi) is 3.46. The van der Waals surface area contributed by atoms with Crippen molar-refractivity contribution in [1.82, 2.24) is 4.90 Å². The predicted molar refractivity (Wildman–Crippen MR) is 65.1 cm³/mol. The number of hydrogen-bond donors (Lipinski definition) is 1. The smallest absolute Gasteiger partial charge is 0.335 e. The van der Waals surface area contributed by atoms with Crippen molar-refractivity contribution >= 4 is 5.97 Å². The lowest BCUT2D eigenvalue weighted by molar-refractivity contribution is -0.180. The fourth-order valence-corrected chi connectivity index (χ4v) is 3.16. The fraction of sp³-hybridized carbons (Fsp3) is 0.923. The summed E-state index contributed by atoms with van der Waals surface area (Å²) in [6.45, 7) is 4.05. The van der Waals surface area contributed by atoms with Crippen LogP contribution in [0.4, 0.5) is 0 Å². The quantitative estimate of drug-likeness (QED) is 0.819. The van der Waals surface area contributed by atoms with E-state index in [0.717, 1.165) is 38.8 Å². The molecule has 0 aliphatic carbocycles. The predicted octanol–water partition coefficient (Wildman–Crippen LogP) is 1.88. The molecule has 1 spiro atoms. The van der Waals surface area contributed by atoms with E-state index in [1.807, 2.05) is 6.92 Å². The van der Waals surface area contributed by atoms with Gasteiger partial charge in [-0.25, -0.2) is 4.79 Å². The average molecular weight is 241 g/mol. The molecule has 1 atom stereocenters. The normalized spacial score (nSPS) is 33.1. The lowest BCUT2D eigenvalue weighted by Gasteiger charge is -2.39. The van der Waals surface area contributed by atoms with Gasteiger partial charge in [-0.05, 0) is 39.2 Å². The van der Waals surface area contributed by atoms with Crippen LogP contribution in [-0.4, -0.2) is 47.3 Å². The zero-order chi connectivity index (χ0) is 12.5. The molecule has 2 aliphatic heterocycles. The topological polar surface area (TPSA) is 49.8 Å². The SMILES string of the molecule is CCCC1(C(=O)O)CCC2(CCN(C)CC2)O1. The molecule has 2 saturated heterocycles. The molecule has 0 aromatic heterocycles. The van der Waals surface area contributed by atoms with Crippen LogP contribution in [0.15, 0.2) is 0 Å². The minimum atomic E-state index is -0.898. The van der Waals surface area contributed by atoms with E-state index in [0.29, 0.717) is 12.8 Å². The van der Waals surface area contributed by atoms with Gasteiger partial charge in [0.2, 0.25) is 0 Å². The average Bonchev–Trinajstić information content (AvgIpc) is 2.65. The summed E-state index contributed by atoms with van der Waals surface area (Å²) in [5.74, 6) is -0.768. The first-order valence-corrected chi connectivity index (χ1v) is 6.64. The second-order valence-corrected chi connectivity index (χ2v) is 5.64. The molecule has 0 aromatic rings. The number of piperidine rings is 1. The third kappa shape index (κ3) is 2.33. The third-order valence-electron chi connectivity index (χ3n) is 4.34. The minimum absolute atomic E-state index is 0.153. The Morgan fingerprint density at radius 2 is 1.94 bits per heavy atom. The van der Waals surface area contributed by atoms with Gasteiger partial charge in [0.1, 0.15) is 0 Å². The highest BCUT2D eigenvalue weighted by Crippen LogP contribution is 2.46. The molecule has 1 unspecified atom stereocenters. The lowest BCUT2D eigenvalue weighted by atomic mass is 9.87. The van der Waals surface area contributed by atoms with Gasteiger partial charge in [0.05, 0.1) is 5.60 Å². The minimum Gasteiger partial charge on any atom is -0.479 e. The molecular formula is C13H23NO3. The molecule has 98 valence electrons. The lowest BCUT2D eigenvalue weighted by Crippen LogP contribution is -2.47. The zero-order valence-corrected chi connectivity index (χ0v) is 10.9. The van der Waals surface area contributed by atoms with E-state index in [4.69, 9.17) is 4.74 Å². The summed E-state index contributed by atoms with van der Waals surface area (Å²) >= 11 is 0. The molecule has 0 saturated carbocycles. The number of carboxylic acids is 1. The van der Waals surface area contributed by atoms with Crippen LogP contribution < -0.4 is 0 Å². The van der Waals surface area contributed by atoms with Crippen LogP contribution in [0.1, 0.15) is 45.4 Å². The number of hydrogen-bond acceptors (Lipinski definition) is 3. The summed E-state index contributed by atoms with van der Waals surface area (Å²) < 4.78 is 6.10. The van der Waals surface area contributed by atoms with Crippen LogP contribution in [0.3, 0.4) is 0 Å². The van der Waals surface area contributed by atoms with E-state index < -0.39 is 11.6 Å². The maximum Gasteiger partial charge on any atom is 0.335 e. The Labute approximate surface area is 103 Å². The molecule has 2 heterocycles. The van der Waals surface area contributed by atoms with Crippen LogP contribution in [0.5, 0.6) is 0 Å². The van der Waals surface area contributed by atoms with Crippen LogP contribution in [0.2, 0.25) is 0 Å². The zero-order valence-electron chi connectivity index (χ0n) is 10.9. The third-order valence-corrected chi connectivity index (χ3v) is 4.34. The molecular weight excluding hydrogens is 218 g/mol. The largest absolute Gasteiger partial charge is 0.479 e. The first-order valence-electron chi connectivity index (χ1n) is 6.64. The van der Waals surface area contributed by atoms with Crippen molar-refractivity contribution in [2.75, 3.05) is 20.1 Å². The van der Waals surface area contributed by atoms with E-state index in [1.54, 1.807) is 0 Å². The highest BCUT2D eigenvalue weighted by molar-refractivity contribution is 5.78. The maximum absolute atomic E-state index is 11.5. The summed E-state index contributed by atoms with van der Waals surface area (Å²) in [4.78, 5) is 13.8. The molecule has 4 heteroatoms. The molecule has 0 radical (unpaired) electrons. The van der Waals surface area contributed by atoms with Gasteiger partial charge in [0, 0.05) is 13.1 Å². The number of carbonyl (C=O) groups is 1. The first-order chi connectivity index (χ1) is 8.02. The Balaban J connectivity index is 2.08. The van der Waals surface area contributed by atoms with Crippen LogP contribution in [0.25, 0.3) is 0 Å². The van der Waals surface area contributed by atoms with Gasteiger partial charge in [0.15, 0.2) is 5.60 Å². The highest BCUT2D eigenvalue weighted by Gasteiger charge is 2.53. The molecule has 4 nitrogen and oxygen atoms in total. The summed E-state index contributed by atoms with van der Waals surface area (Å²) in [6, 6.07) is 0. The van der Waals surface area contributed by atoms with Gasteiger partial charge in [-0.1, -0.05) is 13.3 Å². The Morgan fingerprint density at radius 3 is 2.47 bits per heavy atom. The Hall–Kier alpha value is -0.610. The molecule has 2 fully saturated rings. The number of rotatable bonds is 3. The first kappa shape index (κ1) is 12.8. The van der Waals surface area contributed by atoms with Crippen molar-refractivity contribution in [2.45, 2.75) is 56.7 Å². The van der Waals surface area contributed by atoms with Crippen molar-refractivity contribution in [2.24, 2.45) is 0 Å². The van der Waals surface area contributed by atoms with Crippen molar-refractivity contribution < 1.29 is 14.6 Å². The number of ether oxygens (including phenoxy) is 1. The van der Waals surface area contributed by atoms with Gasteiger partial charge in [-0.3, -0.25) is 0 Å². The number of aliphatic carboxylic acids is 1. The van der Waals surface area contributed by atoms with E-state index >= 15 is 0 Å². The van der Waals surface area contributed by atoms with E-state index in [-0.39, 0.29) is 5.60 Å². The number of nitrogens with zero attached hydrogens (tertiary/aromatic N) is 1. The molecule has 0 amide bonds. The van der Waals surface area contributed by atoms with Gasteiger partial charge < -0.3 is 14.7 Å². The van der Waals surface area contributed by atoms with Gasteiger partial charge in [-0.2, -0.15) is 0 Å².